The number of nitrogens with one attached hydrogen (secondary N) is 2. The number of benzene rings is 2. The van der Waals surface area contributed by atoms with E-state index in [1.807, 2.05) is 38.4 Å². The molecule has 0 saturated carbocycles. The van der Waals surface area contributed by atoms with Crippen molar-refractivity contribution in [2.24, 2.45) is 0 Å². The molecule has 0 aliphatic rings. The molecule has 2 amide bonds. The maximum atomic E-state index is 12.8. The Morgan fingerprint density at radius 2 is 1.64 bits per heavy atom. The number of aliphatic hydroxyl groups excluding tert-OH is 1. The zero-order valence-corrected chi connectivity index (χ0v) is 14.5. The van der Waals surface area contributed by atoms with Crippen LogP contribution < -0.4 is 10.6 Å². The lowest BCUT2D eigenvalue weighted by molar-refractivity contribution is 0.173. The Kier molecular flexibility index (Phi) is 6.91. The number of aliphatic hydroxyl groups is 1. The van der Waals surface area contributed by atoms with Crippen LogP contribution in [0.4, 0.5) is 9.18 Å². The zero-order valence-electron chi connectivity index (χ0n) is 14.5. The van der Waals surface area contributed by atoms with Gasteiger partial charge < -0.3 is 20.6 Å². The number of urea groups is 1. The molecule has 5 nitrogen and oxygen atoms in total. The lowest BCUT2D eigenvalue weighted by Crippen LogP contribution is -2.37. The van der Waals surface area contributed by atoms with Crippen molar-refractivity contribution in [3.05, 3.63) is 71.0 Å². The van der Waals surface area contributed by atoms with Gasteiger partial charge in [-0.25, -0.2) is 9.18 Å². The van der Waals surface area contributed by atoms with Crippen molar-refractivity contribution in [2.75, 3.05) is 20.6 Å². The number of rotatable bonds is 7. The van der Waals surface area contributed by atoms with Crippen molar-refractivity contribution < 1.29 is 14.3 Å². The summed E-state index contributed by atoms with van der Waals surface area (Å²) in [5, 5.41) is 15.3. The number of nitrogens with zero attached hydrogens (tertiary/aromatic N) is 1. The Balaban J connectivity index is 1.74. The summed E-state index contributed by atoms with van der Waals surface area (Å²) in [7, 11) is 4.03. The molecule has 3 N–H and O–H groups in total. The molecule has 0 heterocycles. The Labute approximate surface area is 147 Å². The third-order valence-corrected chi connectivity index (χ3v) is 3.69. The molecule has 0 aliphatic carbocycles. The van der Waals surface area contributed by atoms with E-state index in [1.165, 1.54) is 29.8 Å². The Bertz CT molecular complexity index is 672. The molecule has 2 aromatic rings. The van der Waals surface area contributed by atoms with Crippen LogP contribution in [0, 0.1) is 5.82 Å². The highest BCUT2D eigenvalue weighted by Gasteiger charge is 2.09. The zero-order chi connectivity index (χ0) is 18.2. The lowest BCUT2D eigenvalue weighted by Gasteiger charge is -2.13. The number of carbonyl (C=O) groups excluding carboxylic acids is 1. The summed E-state index contributed by atoms with van der Waals surface area (Å²) >= 11 is 0. The van der Waals surface area contributed by atoms with Gasteiger partial charge in [-0.05, 0) is 42.9 Å². The number of hydrogen-bond acceptors (Lipinski definition) is 3. The first-order valence-corrected chi connectivity index (χ1v) is 8.12. The Morgan fingerprint density at radius 1 is 1.04 bits per heavy atom. The highest BCUT2D eigenvalue weighted by molar-refractivity contribution is 5.73. The summed E-state index contributed by atoms with van der Waals surface area (Å²) in [5.74, 6) is -0.363. The van der Waals surface area contributed by atoms with Crippen molar-refractivity contribution in [3.8, 4) is 0 Å². The van der Waals surface area contributed by atoms with Crippen molar-refractivity contribution in [2.45, 2.75) is 19.2 Å². The van der Waals surface area contributed by atoms with Crippen LogP contribution in [0.1, 0.15) is 22.8 Å². The van der Waals surface area contributed by atoms with Gasteiger partial charge in [-0.2, -0.15) is 0 Å². The first-order chi connectivity index (χ1) is 11.9. The molecule has 0 saturated heterocycles. The highest BCUT2D eigenvalue weighted by atomic mass is 19.1. The molecule has 0 aromatic heterocycles. The van der Waals surface area contributed by atoms with Crippen LogP contribution >= 0.6 is 0 Å². The molecule has 6 heteroatoms. The molecule has 0 fully saturated rings. The maximum Gasteiger partial charge on any atom is 0.315 e. The van der Waals surface area contributed by atoms with Crippen LogP contribution in [0.3, 0.4) is 0 Å². The summed E-state index contributed by atoms with van der Waals surface area (Å²) < 4.78 is 12.8. The average Bonchev–Trinajstić information content (AvgIpc) is 2.59. The third-order valence-electron chi connectivity index (χ3n) is 3.69. The van der Waals surface area contributed by atoms with Gasteiger partial charge in [-0.3, -0.25) is 0 Å². The molecule has 0 bridgehead atoms. The smallest absolute Gasteiger partial charge is 0.315 e. The number of amides is 2. The molecule has 2 rings (SSSR count). The fourth-order valence-corrected chi connectivity index (χ4v) is 2.36. The summed E-state index contributed by atoms with van der Waals surface area (Å²) in [6.45, 7) is 1.33. The molecule has 0 spiro atoms. The molecule has 1 atom stereocenters. The van der Waals surface area contributed by atoms with Gasteiger partial charge in [-0.1, -0.05) is 36.4 Å². The minimum absolute atomic E-state index is 0.0548. The van der Waals surface area contributed by atoms with Crippen molar-refractivity contribution in [1.29, 1.82) is 0 Å². The van der Waals surface area contributed by atoms with Crippen molar-refractivity contribution in [1.82, 2.24) is 15.5 Å². The lowest BCUT2D eigenvalue weighted by atomic mass is 10.1. The van der Waals surface area contributed by atoms with E-state index in [2.05, 4.69) is 15.5 Å². The molecule has 0 aliphatic heterocycles. The summed E-state index contributed by atoms with van der Waals surface area (Å²) in [4.78, 5) is 13.9. The van der Waals surface area contributed by atoms with Gasteiger partial charge in [0, 0.05) is 19.6 Å². The number of hydrogen-bond donors (Lipinski definition) is 3. The molecular formula is C19H24FN3O2. The summed E-state index contributed by atoms with van der Waals surface area (Å²) in [5.41, 5.74) is 2.76. The van der Waals surface area contributed by atoms with Gasteiger partial charge in [0.15, 0.2) is 0 Å². The number of halogens is 1. The van der Waals surface area contributed by atoms with Crippen LogP contribution in [-0.2, 0) is 13.1 Å². The topological polar surface area (TPSA) is 64.6 Å². The van der Waals surface area contributed by atoms with Gasteiger partial charge in [0.2, 0.25) is 0 Å². The van der Waals surface area contributed by atoms with Crippen LogP contribution in [0.15, 0.2) is 48.5 Å². The molecule has 1 unspecified atom stereocenters. The second-order valence-electron chi connectivity index (χ2n) is 6.19. The predicted molar refractivity (Wildman–Crippen MR) is 95.4 cm³/mol. The van der Waals surface area contributed by atoms with Gasteiger partial charge in [0.1, 0.15) is 5.82 Å². The van der Waals surface area contributed by atoms with Gasteiger partial charge >= 0.3 is 6.03 Å². The summed E-state index contributed by atoms with van der Waals surface area (Å²) in [6.07, 6.45) is -0.878. The van der Waals surface area contributed by atoms with E-state index >= 15 is 0 Å². The molecular weight excluding hydrogens is 321 g/mol. The standard InChI is InChI=1S/C19H24FN3O2/c1-23(2)13-15-5-3-14(4-6-15)11-21-19(25)22-12-18(24)16-7-9-17(20)10-8-16/h3-10,18,24H,11-13H2,1-2H3,(H2,21,22,25). The van der Waals surface area contributed by atoms with E-state index in [9.17, 15) is 14.3 Å². The predicted octanol–water partition coefficient (Wildman–Crippen LogP) is 2.42. The SMILES string of the molecule is CN(C)Cc1ccc(CNC(=O)NCC(O)c2ccc(F)cc2)cc1. The molecule has 2 aromatic carbocycles. The maximum absolute atomic E-state index is 12.8. The quantitative estimate of drug-likeness (QED) is 0.722. The average molecular weight is 345 g/mol. The molecule has 134 valence electrons. The van der Waals surface area contributed by atoms with Crippen molar-refractivity contribution >= 4 is 6.03 Å². The third kappa shape index (κ3) is 6.52. The first kappa shape index (κ1) is 18.9. The van der Waals surface area contributed by atoms with Crippen molar-refractivity contribution in [3.63, 3.8) is 0 Å². The molecule has 25 heavy (non-hydrogen) atoms. The minimum atomic E-state index is -0.878. The van der Waals surface area contributed by atoms with E-state index < -0.39 is 6.10 Å². The van der Waals surface area contributed by atoms with Crippen LogP contribution in [0.25, 0.3) is 0 Å². The van der Waals surface area contributed by atoms with E-state index in [0.29, 0.717) is 12.1 Å². The van der Waals surface area contributed by atoms with Gasteiger partial charge in [0.05, 0.1) is 6.10 Å². The minimum Gasteiger partial charge on any atom is -0.387 e. The second-order valence-corrected chi connectivity index (χ2v) is 6.19. The first-order valence-electron chi connectivity index (χ1n) is 8.12. The van der Waals surface area contributed by atoms with E-state index in [1.54, 1.807) is 0 Å². The molecule has 0 radical (unpaired) electrons. The fourth-order valence-electron chi connectivity index (χ4n) is 2.36. The normalized spacial score (nSPS) is 12.0. The van der Waals surface area contributed by atoms with Crippen LogP contribution in [0.5, 0.6) is 0 Å². The van der Waals surface area contributed by atoms with Crippen LogP contribution in [-0.4, -0.2) is 36.7 Å². The fraction of sp³-hybridized carbons (Fsp3) is 0.316. The summed E-state index contributed by atoms with van der Waals surface area (Å²) in [6, 6.07) is 13.2. The van der Waals surface area contributed by atoms with Gasteiger partial charge in [0.25, 0.3) is 0 Å². The number of carbonyl (C=O) groups is 1. The highest BCUT2D eigenvalue weighted by Crippen LogP contribution is 2.12. The Hall–Kier alpha value is -2.44. The monoisotopic (exact) mass is 345 g/mol. The van der Waals surface area contributed by atoms with Gasteiger partial charge in [-0.15, -0.1) is 0 Å². The van der Waals surface area contributed by atoms with E-state index in [0.717, 1.165) is 12.1 Å². The Morgan fingerprint density at radius 3 is 2.24 bits per heavy atom. The second kappa shape index (κ2) is 9.15. The largest absolute Gasteiger partial charge is 0.387 e. The van der Waals surface area contributed by atoms with E-state index in [-0.39, 0.29) is 18.4 Å². The van der Waals surface area contributed by atoms with Crippen LogP contribution in [0.2, 0.25) is 0 Å². The van der Waals surface area contributed by atoms with E-state index in [4.69, 9.17) is 0 Å².